The second-order valence-electron chi connectivity index (χ2n) is 7.23. The Hall–Kier alpha value is -1.55. The molecule has 122 valence electrons. The molecule has 4 heteroatoms. The highest BCUT2D eigenvalue weighted by Gasteiger charge is 2.47. The lowest BCUT2D eigenvalue weighted by molar-refractivity contribution is 0.00999. The van der Waals surface area contributed by atoms with E-state index in [1.165, 1.54) is 0 Å². The van der Waals surface area contributed by atoms with E-state index >= 15 is 0 Å². The molecule has 1 fully saturated rings. The average Bonchev–Trinajstić information content (AvgIpc) is 2.63. The van der Waals surface area contributed by atoms with E-state index < -0.39 is 11.7 Å². The first-order chi connectivity index (χ1) is 10.2. The number of hydrogen-bond acceptors (Lipinski definition) is 3. The van der Waals surface area contributed by atoms with E-state index in [0.29, 0.717) is 6.42 Å². The summed E-state index contributed by atoms with van der Waals surface area (Å²) in [7, 11) is 0. The van der Waals surface area contributed by atoms with Crippen LogP contribution >= 0.6 is 0 Å². The molecule has 0 spiro atoms. The van der Waals surface area contributed by atoms with Crippen LogP contribution in [-0.2, 0) is 11.2 Å². The summed E-state index contributed by atoms with van der Waals surface area (Å²) >= 11 is 0. The van der Waals surface area contributed by atoms with Crippen LogP contribution in [-0.4, -0.2) is 39.9 Å². The van der Waals surface area contributed by atoms with Gasteiger partial charge in [0.25, 0.3) is 0 Å². The Kier molecular flexibility index (Phi) is 4.81. The zero-order valence-electron chi connectivity index (χ0n) is 14.1. The van der Waals surface area contributed by atoms with Crippen LogP contribution in [0.25, 0.3) is 0 Å². The summed E-state index contributed by atoms with van der Waals surface area (Å²) in [5.74, 6) is 0.0289. The van der Waals surface area contributed by atoms with Gasteiger partial charge in [-0.05, 0) is 39.7 Å². The van der Waals surface area contributed by atoms with Gasteiger partial charge >= 0.3 is 6.09 Å². The maximum Gasteiger partial charge on any atom is 0.410 e. The minimum absolute atomic E-state index is 0.0289. The smallest absolute Gasteiger partial charge is 0.410 e. The molecule has 0 saturated carbocycles. The van der Waals surface area contributed by atoms with Crippen LogP contribution in [0.15, 0.2) is 30.3 Å². The molecule has 1 saturated heterocycles. The molecule has 4 unspecified atom stereocenters. The molecular weight excluding hydrogens is 278 g/mol. The Bertz CT molecular complexity index is 509. The summed E-state index contributed by atoms with van der Waals surface area (Å²) in [6.45, 7) is 9.54. The molecule has 1 aromatic rings. The lowest BCUT2D eigenvalue weighted by Gasteiger charge is -2.32. The first-order valence-electron chi connectivity index (χ1n) is 7.94. The fourth-order valence-electron chi connectivity index (χ4n) is 3.05. The quantitative estimate of drug-likeness (QED) is 0.912. The maximum atomic E-state index is 12.6. The fraction of sp³-hybridized carbons (Fsp3) is 0.611. The third kappa shape index (κ3) is 3.61. The number of rotatable bonds is 2. The highest BCUT2D eigenvalue weighted by Crippen LogP contribution is 2.33. The van der Waals surface area contributed by atoms with Gasteiger partial charge in [0.2, 0.25) is 0 Å². The number of aliphatic hydroxyl groups excluding tert-OH is 1. The number of ether oxygens (including phenoxy) is 1. The standard InChI is InChI=1S/C18H27NO3/c1-12-13(2)19(17(21)22-18(3,4)5)15(16(12)20)11-14-9-7-6-8-10-14/h6-10,12-13,15-16,20H,11H2,1-5H3. The van der Waals surface area contributed by atoms with E-state index in [9.17, 15) is 9.90 Å². The number of aliphatic hydroxyl groups is 1. The molecule has 1 aliphatic rings. The van der Waals surface area contributed by atoms with Crippen molar-refractivity contribution in [3.05, 3.63) is 35.9 Å². The summed E-state index contributed by atoms with van der Waals surface area (Å²) < 4.78 is 5.53. The van der Waals surface area contributed by atoms with E-state index in [1.54, 1.807) is 4.90 Å². The van der Waals surface area contributed by atoms with Gasteiger partial charge < -0.3 is 9.84 Å². The molecule has 0 radical (unpaired) electrons. The number of nitrogens with zero attached hydrogens (tertiary/aromatic N) is 1. The van der Waals surface area contributed by atoms with Crippen LogP contribution in [0, 0.1) is 5.92 Å². The topological polar surface area (TPSA) is 49.8 Å². The van der Waals surface area contributed by atoms with Crippen LogP contribution in [0.3, 0.4) is 0 Å². The summed E-state index contributed by atoms with van der Waals surface area (Å²) in [6, 6.07) is 9.66. The maximum absolute atomic E-state index is 12.6. The number of carbonyl (C=O) groups is 1. The second-order valence-corrected chi connectivity index (χ2v) is 7.23. The van der Waals surface area contributed by atoms with Gasteiger partial charge in [-0.15, -0.1) is 0 Å². The molecule has 2 rings (SSSR count). The second kappa shape index (κ2) is 6.29. The van der Waals surface area contributed by atoms with Gasteiger partial charge in [0.15, 0.2) is 0 Å². The van der Waals surface area contributed by atoms with Crippen LogP contribution < -0.4 is 0 Å². The van der Waals surface area contributed by atoms with E-state index in [-0.39, 0.29) is 24.1 Å². The number of amides is 1. The Balaban J connectivity index is 2.22. The molecule has 1 amide bonds. The highest BCUT2D eigenvalue weighted by molar-refractivity contribution is 5.69. The molecule has 1 aliphatic heterocycles. The van der Waals surface area contributed by atoms with Crippen molar-refractivity contribution < 1.29 is 14.6 Å². The molecule has 0 aliphatic carbocycles. The van der Waals surface area contributed by atoms with Crippen molar-refractivity contribution in [2.24, 2.45) is 5.92 Å². The van der Waals surface area contributed by atoms with Gasteiger partial charge in [-0.2, -0.15) is 0 Å². The third-order valence-corrected chi connectivity index (χ3v) is 4.38. The highest BCUT2D eigenvalue weighted by atomic mass is 16.6. The normalized spacial score (nSPS) is 28.7. The Morgan fingerprint density at radius 1 is 1.23 bits per heavy atom. The van der Waals surface area contributed by atoms with Crippen molar-refractivity contribution in [2.45, 2.75) is 64.8 Å². The summed E-state index contributed by atoms with van der Waals surface area (Å²) in [5.41, 5.74) is 0.576. The zero-order chi connectivity index (χ0) is 16.5. The van der Waals surface area contributed by atoms with Crippen LogP contribution in [0.2, 0.25) is 0 Å². The van der Waals surface area contributed by atoms with Crippen molar-refractivity contribution >= 4 is 6.09 Å². The predicted octanol–water partition coefficient (Wildman–Crippen LogP) is 3.23. The third-order valence-electron chi connectivity index (χ3n) is 4.38. The largest absolute Gasteiger partial charge is 0.444 e. The molecule has 4 nitrogen and oxygen atoms in total. The number of likely N-dealkylation sites (tertiary alicyclic amines) is 1. The number of hydrogen-bond donors (Lipinski definition) is 1. The molecule has 1 aromatic carbocycles. The minimum atomic E-state index is -0.539. The lowest BCUT2D eigenvalue weighted by Crippen LogP contribution is -2.46. The minimum Gasteiger partial charge on any atom is -0.444 e. The van der Waals surface area contributed by atoms with Crippen LogP contribution in [0.1, 0.15) is 40.2 Å². The van der Waals surface area contributed by atoms with Gasteiger partial charge in [-0.1, -0.05) is 37.3 Å². The first-order valence-corrected chi connectivity index (χ1v) is 7.94. The number of benzene rings is 1. The lowest BCUT2D eigenvalue weighted by atomic mass is 9.96. The van der Waals surface area contributed by atoms with Gasteiger partial charge in [0, 0.05) is 12.0 Å². The van der Waals surface area contributed by atoms with Crippen LogP contribution in [0.5, 0.6) is 0 Å². The van der Waals surface area contributed by atoms with Gasteiger partial charge in [-0.25, -0.2) is 4.79 Å². The molecule has 0 bridgehead atoms. The van der Waals surface area contributed by atoms with Crippen molar-refractivity contribution in [1.29, 1.82) is 0 Å². The molecule has 1 N–H and O–H groups in total. The number of carbonyl (C=O) groups excluding carboxylic acids is 1. The molecule has 4 atom stereocenters. The zero-order valence-corrected chi connectivity index (χ0v) is 14.1. The first kappa shape index (κ1) is 16.8. The van der Waals surface area contributed by atoms with E-state index in [2.05, 4.69) is 0 Å². The Labute approximate surface area is 133 Å². The van der Waals surface area contributed by atoms with Gasteiger partial charge in [-0.3, -0.25) is 4.90 Å². The molecule has 22 heavy (non-hydrogen) atoms. The van der Waals surface area contributed by atoms with Crippen molar-refractivity contribution in [3.8, 4) is 0 Å². The van der Waals surface area contributed by atoms with Crippen LogP contribution in [0.4, 0.5) is 4.79 Å². The SMILES string of the molecule is CC1C(O)C(Cc2ccccc2)N(C(=O)OC(C)(C)C)C1C. The molecule has 1 heterocycles. The Morgan fingerprint density at radius 2 is 1.82 bits per heavy atom. The van der Waals surface area contributed by atoms with E-state index in [1.807, 2.05) is 65.0 Å². The molecular formula is C18H27NO3. The van der Waals surface area contributed by atoms with E-state index in [4.69, 9.17) is 4.74 Å². The summed E-state index contributed by atoms with van der Waals surface area (Å²) in [6.07, 6.45) is -0.248. The summed E-state index contributed by atoms with van der Waals surface area (Å²) in [5, 5.41) is 10.6. The van der Waals surface area contributed by atoms with Crippen molar-refractivity contribution in [1.82, 2.24) is 4.90 Å². The average molecular weight is 305 g/mol. The predicted molar refractivity (Wildman–Crippen MR) is 86.6 cm³/mol. The summed E-state index contributed by atoms with van der Waals surface area (Å²) in [4.78, 5) is 14.3. The van der Waals surface area contributed by atoms with Crippen molar-refractivity contribution in [2.75, 3.05) is 0 Å². The fourth-order valence-corrected chi connectivity index (χ4v) is 3.05. The Morgan fingerprint density at radius 3 is 2.36 bits per heavy atom. The van der Waals surface area contributed by atoms with E-state index in [0.717, 1.165) is 5.56 Å². The monoisotopic (exact) mass is 305 g/mol. The van der Waals surface area contributed by atoms with Crippen molar-refractivity contribution in [3.63, 3.8) is 0 Å². The molecule has 0 aromatic heterocycles. The van der Waals surface area contributed by atoms with Gasteiger partial charge in [0.1, 0.15) is 5.60 Å². The van der Waals surface area contributed by atoms with Gasteiger partial charge in [0.05, 0.1) is 12.1 Å².